The van der Waals surface area contributed by atoms with E-state index in [2.05, 4.69) is 46.6 Å². The highest BCUT2D eigenvalue weighted by atomic mass is 15.1. The van der Waals surface area contributed by atoms with Gasteiger partial charge in [-0.25, -0.2) is 0 Å². The Labute approximate surface area is 116 Å². The molecule has 1 aliphatic carbocycles. The molecular formula is C17H35N. The van der Waals surface area contributed by atoms with Crippen molar-refractivity contribution in [2.75, 3.05) is 13.6 Å². The van der Waals surface area contributed by atoms with Crippen LogP contribution >= 0.6 is 0 Å². The first-order chi connectivity index (χ1) is 8.52. The fourth-order valence-corrected chi connectivity index (χ4v) is 3.21. The van der Waals surface area contributed by atoms with Crippen molar-refractivity contribution in [3.05, 3.63) is 11.1 Å². The molecule has 1 heteroatoms. The Hall–Kier alpha value is -0.300. The second kappa shape index (κ2) is 8.74. The van der Waals surface area contributed by atoms with Gasteiger partial charge in [0.15, 0.2) is 0 Å². The normalized spacial score (nSPS) is 22.8. The third-order valence-corrected chi connectivity index (χ3v) is 4.86. The monoisotopic (exact) mass is 253 g/mol. The fraction of sp³-hybridized carbons (Fsp3) is 0.882. The third-order valence-electron chi connectivity index (χ3n) is 4.86. The van der Waals surface area contributed by atoms with E-state index < -0.39 is 0 Å². The van der Waals surface area contributed by atoms with Gasteiger partial charge in [-0.1, -0.05) is 45.3 Å². The number of allylic oxidation sites excluding steroid dienone is 2. The van der Waals surface area contributed by atoms with E-state index in [4.69, 9.17) is 0 Å². The largest absolute Gasteiger partial charge is 0.304 e. The van der Waals surface area contributed by atoms with Gasteiger partial charge in [0, 0.05) is 6.04 Å². The molecular weight excluding hydrogens is 218 g/mol. The molecule has 0 amide bonds. The molecule has 3 unspecified atom stereocenters. The number of hydrogen-bond acceptors (Lipinski definition) is 1. The summed E-state index contributed by atoms with van der Waals surface area (Å²) in [4.78, 5) is 2.50. The van der Waals surface area contributed by atoms with E-state index in [1.807, 2.05) is 13.8 Å². The summed E-state index contributed by atoms with van der Waals surface area (Å²) in [5.74, 6) is 1.68. The fourth-order valence-electron chi connectivity index (χ4n) is 3.21. The molecule has 0 bridgehead atoms. The predicted octanol–water partition coefficient (Wildman–Crippen LogP) is 5.13. The molecule has 1 aliphatic rings. The lowest BCUT2D eigenvalue weighted by atomic mass is 9.80. The minimum absolute atomic E-state index is 0.709. The highest BCUT2D eigenvalue weighted by Crippen LogP contribution is 2.39. The highest BCUT2D eigenvalue weighted by Gasteiger charge is 2.31. The lowest BCUT2D eigenvalue weighted by Crippen LogP contribution is -2.38. The summed E-state index contributed by atoms with van der Waals surface area (Å²) in [6, 6.07) is 0.709. The van der Waals surface area contributed by atoms with E-state index in [1.165, 1.54) is 19.3 Å². The van der Waals surface area contributed by atoms with Crippen LogP contribution in [0.25, 0.3) is 0 Å². The van der Waals surface area contributed by atoms with Crippen LogP contribution in [0, 0.1) is 11.8 Å². The SMILES string of the molecule is CC.CCC(C1CCC(C)=C1C)C(C)N(C)CC. The molecule has 1 nitrogen and oxygen atoms in total. The summed E-state index contributed by atoms with van der Waals surface area (Å²) in [7, 11) is 2.26. The number of rotatable bonds is 5. The Morgan fingerprint density at radius 3 is 2.11 bits per heavy atom. The minimum Gasteiger partial charge on any atom is -0.304 e. The average molecular weight is 253 g/mol. The van der Waals surface area contributed by atoms with Gasteiger partial charge in [-0.3, -0.25) is 0 Å². The Morgan fingerprint density at radius 2 is 1.78 bits per heavy atom. The molecule has 0 aliphatic heterocycles. The molecule has 0 aromatic rings. The van der Waals surface area contributed by atoms with Crippen molar-refractivity contribution in [1.82, 2.24) is 4.90 Å². The quantitative estimate of drug-likeness (QED) is 0.614. The molecule has 0 heterocycles. The van der Waals surface area contributed by atoms with Crippen LogP contribution in [0.4, 0.5) is 0 Å². The molecule has 108 valence electrons. The van der Waals surface area contributed by atoms with E-state index in [0.29, 0.717) is 6.04 Å². The Kier molecular flexibility index (Phi) is 8.60. The van der Waals surface area contributed by atoms with Crippen LogP contribution in [0.15, 0.2) is 11.1 Å². The number of hydrogen-bond donors (Lipinski definition) is 0. The summed E-state index contributed by atoms with van der Waals surface area (Å²) in [6.07, 6.45) is 4.02. The molecule has 18 heavy (non-hydrogen) atoms. The summed E-state index contributed by atoms with van der Waals surface area (Å²) in [5, 5.41) is 0. The molecule has 0 aromatic heterocycles. The number of nitrogens with zero attached hydrogens (tertiary/aromatic N) is 1. The van der Waals surface area contributed by atoms with Crippen LogP contribution in [0.5, 0.6) is 0 Å². The maximum absolute atomic E-state index is 2.50. The zero-order valence-corrected chi connectivity index (χ0v) is 14.0. The van der Waals surface area contributed by atoms with Gasteiger partial charge in [0.05, 0.1) is 0 Å². The van der Waals surface area contributed by atoms with Crippen molar-refractivity contribution in [3.8, 4) is 0 Å². The topological polar surface area (TPSA) is 3.24 Å². The van der Waals surface area contributed by atoms with Gasteiger partial charge >= 0.3 is 0 Å². The summed E-state index contributed by atoms with van der Waals surface area (Å²) in [5.41, 5.74) is 3.33. The van der Waals surface area contributed by atoms with Crippen molar-refractivity contribution in [2.24, 2.45) is 11.8 Å². The molecule has 0 saturated carbocycles. The summed E-state index contributed by atoms with van der Waals surface area (Å²) >= 11 is 0. The molecule has 0 saturated heterocycles. The van der Waals surface area contributed by atoms with Crippen molar-refractivity contribution in [3.63, 3.8) is 0 Å². The third kappa shape index (κ3) is 4.12. The van der Waals surface area contributed by atoms with Gasteiger partial charge < -0.3 is 4.90 Å². The first kappa shape index (κ1) is 17.7. The van der Waals surface area contributed by atoms with E-state index in [0.717, 1.165) is 18.4 Å². The van der Waals surface area contributed by atoms with Gasteiger partial charge in [0.1, 0.15) is 0 Å². The van der Waals surface area contributed by atoms with E-state index in [9.17, 15) is 0 Å². The molecule has 0 fully saturated rings. The molecule has 0 radical (unpaired) electrons. The standard InChI is InChI=1S/C15H29N.C2H6/c1-7-14(13(5)16(6)8-2)15-10-9-11(3)12(15)4;1-2/h13-15H,7-10H2,1-6H3;1-2H3. The second-order valence-electron chi connectivity index (χ2n) is 5.49. The van der Waals surface area contributed by atoms with Crippen LogP contribution in [0.1, 0.15) is 67.7 Å². The Balaban J connectivity index is 0.00000137. The van der Waals surface area contributed by atoms with Gasteiger partial charge in [0.2, 0.25) is 0 Å². The Morgan fingerprint density at radius 1 is 1.22 bits per heavy atom. The van der Waals surface area contributed by atoms with E-state index >= 15 is 0 Å². The lowest BCUT2D eigenvalue weighted by Gasteiger charge is -2.35. The zero-order chi connectivity index (χ0) is 14.3. The zero-order valence-electron chi connectivity index (χ0n) is 14.0. The van der Waals surface area contributed by atoms with Crippen molar-refractivity contribution < 1.29 is 0 Å². The first-order valence-corrected chi connectivity index (χ1v) is 7.89. The van der Waals surface area contributed by atoms with Crippen LogP contribution < -0.4 is 0 Å². The van der Waals surface area contributed by atoms with Gasteiger partial charge in [0.25, 0.3) is 0 Å². The van der Waals surface area contributed by atoms with Gasteiger partial charge in [-0.05, 0) is 59.0 Å². The van der Waals surface area contributed by atoms with Gasteiger partial charge in [-0.15, -0.1) is 0 Å². The van der Waals surface area contributed by atoms with Gasteiger partial charge in [-0.2, -0.15) is 0 Å². The summed E-state index contributed by atoms with van der Waals surface area (Å²) < 4.78 is 0. The van der Waals surface area contributed by atoms with Crippen LogP contribution in [0.3, 0.4) is 0 Å². The van der Waals surface area contributed by atoms with E-state index in [-0.39, 0.29) is 0 Å². The lowest BCUT2D eigenvalue weighted by molar-refractivity contribution is 0.158. The van der Waals surface area contributed by atoms with Crippen LogP contribution in [0.2, 0.25) is 0 Å². The molecule has 3 atom stereocenters. The smallest absolute Gasteiger partial charge is 0.00976 e. The molecule has 0 spiro atoms. The average Bonchev–Trinajstić information content (AvgIpc) is 2.73. The van der Waals surface area contributed by atoms with Crippen molar-refractivity contribution >= 4 is 0 Å². The first-order valence-electron chi connectivity index (χ1n) is 7.89. The summed E-state index contributed by atoms with van der Waals surface area (Å²) in [6.45, 7) is 16.8. The highest BCUT2D eigenvalue weighted by molar-refractivity contribution is 5.20. The Bertz CT molecular complexity index is 254. The van der Waals surface area contributed by atoms with Crippen molar-refractivity contribution in [2.45, 2.75) is 73.8 Å². The molecule has 1 rings (SSSR count). The predicted molar refractivity (Wildman–Crippen MR) is 84.0 cm³/mol. The molecule has 0 aromatic carbocycles. The maximum atomic E-state index is 2.50. The second-order valence-corrected chi connectivity index (χ2v) is 5.49. The van der Waals surface area contributed by atoms with E-state index in [1.54, 1.807) is 11.1 Å². The van der Waals surface area contributed by atoms with Crippen LogP contribution in [-0.4, -0.2) is 24.5 Å². The van der Waals surface area contributed by atoms with Crippen LogP contribution in [-0.2, 0) is 0 Å². The van der Waals surface area contributed by atoms with Crippen molar-refractivity contribution in [1.29, 1.82) is 0 Å². The molecule has 0 N–H and O–H groups in total. The minimum atomic E-state index is 0.709. The maximum Gasteiger partial charge on any atom is 0.00976 e.